The Labute approximate surface area is 131 Å². The zero-order valence-electron chi connectivity index (χ0n) is 12.4. The van der Waals surface area contributed by atoms with Crippen LogP contribution < -0.4 is 10.6 Å². The van der Waals surface area contributed by atoms with Gasteiger partial charge in [-0.3, -0.25) is 9.59 Å². The molecule has 0 atom stereocenters. The molecule has 1 aliphatic rings. The van der Waals surface area contributed by atoms with Crippen molar-refractivity contribution >= 4 is 24.2 Å². The minimum absolute atomic E-state index is 0. The number of piperazine rings is 1. The van der Waals surface area contributed by atoms with Gasteiger partial charge in [0.15, 0.2) is 0 Å². The van der Waals surface area contributed by atoms with Crippen molar-refractivity contribution in [2.45, 2.75) is 13.8 Å². The molecule has 0 unspecified atom stereocenters. The Morgan fingerprint density at radius 2 is 1.71 bits per heavy atom. The second-order valence-corrected chi connectivity index (χ2v) is 5.19. The molecule has 1 heterocycles. The smallest absolute Gasteiger partial charge is 0.251 e. The van der Waals surface area contributed by atoms with Crippen LogP contribution in [0.15, 0.2) is 18.2 Å². The highest BCUT2D eigenvalue weighted by molar-refractivity contribution is 5.96. The average Bonchev–Trinajstić information content (AvgIpc) is 2.44. The molecular formula is C15H22ClN3O2. The zero-order valence-corrected chi connectivity index (χ0v) is 13.3. The van der Waals surface area contributed by atoms with Crippen LogP contribution in [0.5, 0.6) is 0 Å². The van der Waals surface area contributed by atoms with E-state index < -0.39 is 0 Å². The summed E-state index contributed by atoms with van der Waals surface area (Å²) in [6.07, 6.45) is 0. The van der Waals surface area contributed by atoms with E-state index in [0.717, 1.165) is 24.2 Å². The fourth-order valence-electron chi connectivity index (χ4n) is 2.39. The maximum Gasteiger partial charge on any atom is 0.251 e. The van der Waals surface area contributed by atoms with E-state index in [1.165, 1.54) is 0 Å². The third-order valence-electron chi connectivity index (χ3n) is 3.35. The summed E-state index contributed by atoms with van der Waals surface area (Å²) in [5.74, 6) is -0.218. The van der Waals surface area contributed by atoms with Crippen molar-refractivity contribution in [2.24, 2.45) is 0 Å². The topological polar surface area (TPSA) is 61.4 Å². The number of hydrogen-bond donors (Lipinski definition) is 2. The van der Waals surface area contributed by atoms with Crippen LogP contribution in [-0.4, -0.2) is 49.4 Å². The number of amides is 2. The van der Waals surface area contributed by atoms with Gasteiger partial charge in [-0.1, -0.05) is 17.2 Å². The van der Waals surface area contributed by atoms with E-state index in [0.29, 0.717) is 18.7 Å². The number of benzene rings is 1. The van der Waals surface area contributed by atoms with Gasteiger partial charge in [0.2, 0.25) is 5.91 Å². The van der Waals surface area contributed by atoms with Crippen molar-refractivity contribution in [1.29, 1.82) is 0 Å². The molecule has 1 saturated heterocycles. The van der Waals surface area contributed by atoms with Gasteiger partial charge in [0.1, 0.15) is 0 Å². The number of halogens is 1. The SMILES string of the molecule is Cc1cc(C)cc(C(=O)NCC(=O)N2CCNCC2)c1.Cl. The molecule has 1 aliphatic heterocycles. The lowest BCUT2D eigenvalue weighted by atomic mass is 10.1. The lowest BCUT2D eigenvalue weighted by molar-refractivity contribution is -0.130. The van der Waals surface area contributed by atoms with Crippen molar-refractivity contribution in [1.82, 2.24) is 15.5 Å². The molecule has 0 saturated carbocycles. The molecule has 0 bridgehead atoms. The quantitative estimate of drug-likeness (QED) is 0.871. The van der Waals surface area contributed by atoms with Crippen molar-refractivity contribution in [3.8, 4) is 0 Å². The number of hydrogen-bond acceptors (Lipinski definition) is 3. The summed E-state index contributed by atoms with van der Waals surface area (Å²) in [5, 5.41) is 5.89. The van der Waals surface area contributed by atoms with E-state index in [1.54, 1.807) is 4.90 Å². The van der Waals surface area contributed by atoms with E-state index in [9.17, 15) is 9.59 Å². The van der Waals surface area contributed by atoms with Gasteiger partial charge in [0, 0.05) is 31.7 Å². The van der Waals surface area contributed by atoms with E-state index in [2.05, 4.69) is 10.6 Å². The van der Waals surface area contributed by atoms with E-state index in [1.807, 2.05) is 32.0 Å². The van der Waals surface area contributed by atoms with Gasteiger partial charge in [-0.25, -0.2) is 0 Å². The van der Waals surface area contributed by atoms with Gasteiger partial charge in [-0.15, -0.1) is 12.4 Å². The Balaban J connectivity index is 0.00000220. The van der Waals surface area contributed by atoms with Crippen LogP contribution in [0, 0.1) is 13.8 Å². The molecule has 0 spiro atoms. The Hall–Kier alpha value is -1.59. The monoisotopic (exact) mass is 311 g/mol. The molecule has 2 rings (SSSR count). The van der Waals surface area contributed by atoms with Crippen LogP contribution in [-0.2, 0) is 4.79 Å². The predicted octanol–water partition coefficient (Wildman–Crippen LogP) is 0.887. The number of carbonyl (C=O) groups is 2. The standard InChI is InChI=1S/C15H21N3O2.ClH/c1-11-7-12(2)9-13(8-11)15(20)17-10-14(19)18-5-3-16-4-6-18;/h7-9,16H,3-6,10H2,1-2H3,(H,17,20);1H. The molecule has 2 amide bonds. The van der Waals surface area contributed by atoms with Crippen molar-refractivity contribution in [3.63, 3.8) is 0 Å². The summed E-state index contributed by atoms with van der Waals surface area (Å²) in [5.41, 5.74) is 2.70. The number of rotatable bonds is 3. The maximum atomic E-state index is 12.0. The average molecular weight is 312 g/mol. The lowest BCUT2D eigenvalue weighted by Gasteiger charge is -2.27. The first-order chi connectivity index (χ1) is 9.56. The van der Waals surface area contributed by atoms with Crippen LogP contribution in [0.3, 0.4) is 0 Å². The molecule has 0 aromatic heterocycles. The Morgan fingerprint density at radius 3 is 2.29 bits per heavy atom. The lowest BCUT2D eigenvalue weighted by Crippen LogP contribution is -2.49. The number of carbonyl (C=O) groups excluding carboxylic acids is 2. The molecule has 21 heavy (non-hydrogen) atoms. The number of nitrogens with zero attached hydrogens (tertiary/aromatic N) is 1. The van der Waals surface area contributed by atoms with Gasteiger partial charge < -0.3 is 15.5 Å². The zero-order chi connectivity index (χ0) is 14.5. The normalized spacial score (nSPS) is 14.3. The molecule has 1 aromatic rings. The summed E-state index contributed by atoms with van der Waals surface area (Å²) in [4.78, 5) is 25.8. The largest absolute Gasteiger partial charge is 0.343 e. The van der Waals surface area contributed by atoms with Crippen molar-refractivity contribution < 1.29 is 9.59 Å². The van der Waals surface area contributed by atoms with Gasteiger partial charge in [0.25, 0.3) is 5.91 Å². The van der Waals surface area contributed by atoms with Crippen LogP contribution in [0.2, 0.25) is 0 Å². The van der Waals surface area contributed by atoms with Crippen molar-refractivity contribution in [2.75, 3.05) is 32.7 Å². The van der Waals surface area contributed by atoms with Crippen molar-refractivity contribution in [3.05, 3.63) is 34.9 Å². The minimum atomic E-state index is -0.194. The molecule has 1 fully saturated rings. The van der Waals surface area contributed by atoms with Crippen LogP contribution in [0.4, 0.5) is 0 Å². The summed E-state index contributed by atoms with van der Waals surface area (Å²) in [6.45, 7) is 7.02. The summed E-state index contributed by atoms with van der Waals surface area (Å²) in [7, 11) is 0. The fraction of sp³-hybridized carbons (Fsp3) is 0.467. The summed E-state index contributed by atoms with van der Waals surface area (Å²) < 4.78 is 0. The fourth-order valence-corrected chi connectivity index (χ4v) is 2.39. The van der Waals surface area contributed by atoms with Gasteiger partial charge in [-0.2, -0.15) is 0 Å². The number of nitrogens with one attached hydrogen (secondary N) is 2. The van der Waals surface area contributed by atoms with Crippen LogP contribution in [0.1, 0.15) is 21.5 Å². The highest BCUT2D eigenvalue weighted by Gasteiger charge is 2.17. The molecule has 116 valence electrons. The number of aryl methyl sites for hydroxylation is 2. The second-order valence-electron chi connectivity index (χ2n) is 5.19. The van der Waals surface area contributed by atoms with Crippen LogP contribution >= 0.6 is 12.4 Å². The first-order valence-electron chi connectivity index (χ1n) is 6.91. The maximum absolute atomic E-state index is 12.0. The van der Waals surface area contributed by atoms with Gasteiger partial charge in [-0.05, 0) is 26.0 Å². The highest BCUT2D eigenvalue weighted by Crippen LogP contribution is 2.08. The molecule has 6 heteroatoms. The van der Waals surface area contributed by atoms with E-state index in [4.69, 9.17) is 0 Å². The third kappa shape index (κ3) is 5.02. The van der Waals surface area contributed by atoms with Crippen LogP contribution in [0.25, 0.3) is 0 Å². The molecule has 1 aromatic carbocycles. The molecular weight excluding hydrogens is 290 g/mol. The summed E-state index contributed by atoms with van der Waals surface area (Å²) in [6, 6.07) is 5.68. The second kappa shape index (κ2) is 8.00. The first kappa shape index (κ1) is 17.5. The van der Waals surface area contributed by atoms with E-state index in [-0.39, 0.29) is 30.8 Å². The Kier molecular flexibility index (Phi) is 6.65. The molecule has 0 aliphatic carbocycles. The summed E-state index contributed by atoms with van der Waals surface area (Å²) >= 11 is 0. The minimum Gasteiger partial charge on any atom is -0.343 e. The predicted molar refractivity (Wildman–Crippen MR) is 84.9 cm³/mol. The Bertz CT molecular complexity index is 493. The third-order valence-corrected chi connectivity index (χ3v) is 3.35. The molecule has 2 N–H and O–H groups in total. The molecule has 5 nitrogen and oxygen atoms in total. The molecule has 0 radical (unpaired) electrons. The first-order valence-corrected chi connectivity index (χ1v) is 6.91. The van der Waals surface area contributed by atoms with Gasteiger partial charge in [0.05, 0.1) is 6.54 Å². The Morgan fingerprint density at radius 1 is 1.14 bits per heavy atom. The van der Waals surface area contributed by atoms with Gasteiger partial charge >= 0.3 is 0 Å². The highest BCUT2D eigenvalue weighted by atomic mass is 35.5. The van der Waals surface area contributed by atoms with E-state index >= 15 is 0 Å².